The number of carbonyl (C=O) groups excluding carboxylic acids is 1. The van der Waals surface area contributed by atoms with Gasteiger partial charge in [-0.3, -0.25) is 0 Å². The molecule has 0 radical (unpaired) electrons. The number of anilines is 1. The lowest BCUT2D eigenvalue weighted by Gasteiger charge is -2.06. The zero-order valence-electron chi connectivity index (χ0n) is 11.1. The lowest BCUT2D eigenvalue weighted by Crippen LogP contribution is -2.00. The first-order valence-corrected chi connectivity index (χ1v) is 6.43. The molecule has 5 heteroatoms. The van der Waals surface area contributed by atoms with Crippen LogP contribution < -0.4 is 10.1 Å². The highest BCUT2D eigenvalue weighted by molar-refractivity contribution is 5.86. The zero-order chi connectivity index (χ0) is 13.9. The van der Waals surface area contributed by atoms with Crippen LogP contribution in [0.25, 0.3) is 0 Å². The van der Waals surface area contributed by atoms with E-state index in [-0.39, 0.29) is 5.76 Å². The molecule has 1 N–H and O–H groups in total. The molecule has 1 aliphatic rings. The van der Waals surface area contributed by atoms with Crippen LogP contribution in [0.5, 0.6) is 5.75 Å². The van der Waals surface area contributed by atoms with E-state index in [4.69, 9.17) is 9.15 Å². The number of benzene rings is 1. The molecule has 0 fully saturated rings. The van der Waals surface area contributed by atoms with E-state index in [2.05, 4.69) is 16.1 Å². The fraction of sp³-hybridized carbons (Fsp3) is 0.267. The Morgan fingerprint density at radius 1 is 1.35 bits per heavy atom. The number of esters is 1. The molecule has 20 heavy (non-hydrogen) atoms. The minimum absolute atomic E-state index is 0.214. The van der Waals surface area contributed by atoms with Gasteiger partial charge in [-0.2, -0.15) is 0 Å². The quantitative estimate of drug-likeness (QED) is 0.868. The standard InChI is InChI=1S/C15H15NO4/c1-18-15(17)14-5-3-12(20-14)9-16-11-2-4-13-10(8-11)6-7-19-13/h2-5,8,16H,6-7,9H2,1H3. The van der Waals surface area contributed by atoms with Crippen molar-refractivity contribution in [2.75, 3.05) is 19.0 Å². The number of hydrogen-bond acceptors (Lipinski definition) is 5. The molecule has 2 aromatic rings. The summed E-state index contributed by atoms with van der Waals surface area (Å²) in [6.07, 6.45) is 0.943. The van der Waals surface area contributed by atoms with Gasteiger partial charge in [-0.15, -0.1) is 0 Å². The van der Waals surface area contributed by atoms with Crippen LogP contribution >= 0.6 is 0 Å². The van der Waals surface area contributed by atoms with E-state index < -0.39 is 5.97 Å². The molecule has 0 amide bonds. The number of nitrogens with one attached hydrogen (secondary N) is 1. The highest BCUT2D eigenvalue weighted by Crippen LogP contribution is 2.28. The minimum Gasteiger partial charge on any atom is -0.493 e. The maximum atomic E-state index is 11.3. The predicted molar refractivity (Wildman–Crippen MR) is 73.0 cm³/mol. The lowest BCUT2D eigenvalue weighted by atomic mass is 10.1. The molecule has 0 bridgehead atoms. The van der Waals surface area contributed by atoms with Gasteiger partial charge in [0.25, 0.3) is 0 Å². The van der Waals surface area contributed by atoms with Gasteiger partial charge in [0.1, 0.15) is 11.5 Å². The van der Waals surface area contributed by atoms with Crippen molar-refractivity contribution in [3.63, 3.8) is 0 Å². The fourth-order valence-corrected chi connectivity index (χ4v) is 2.17. The molecule has 0 atom stereocenters. The number of rotatable bonds is 4. The Morgan fingerprint density at radius 3 is 3.10 bits per heavy atom. The first-order valence-electron chi connectivity index (χ1n) is 6.43. The monoisotopic (exact) mass is 273 g/mol. The maximum Gasteiger partial charge on any atom is 0.373 e. The molecule has 0 unspecified atom stereocenters. The molecule has 0 aliphatic carbocycles. The van der Waals surface area contributed by atoms with Crippen LogP contribution in [0, 0.1) is 0 Å². The van der Waals surface area contributed by atoms with Gasteiger partial charge in [0.05, 0.1) is 20.3 Å². The summed E-state index contributed by atoms with van der Waals surface area (Å²) in [5, 5.41) is 3.26. The predicted octanol–water partition coefficient (Wildman–Crippen LogP) is 2.61. The third-order valence-corrected chi connectivity index (χ3v) is 3.20. The third kappa shape index (κ3) is 2.47. The van der Waals surface area contributed by atoms with Crippen molar-refractivity contribution in [2.24, 2.45) is 0 Å². The summed E-state index contributed by atoms with van der Waals surface area (Å²) in [6, 6.07) is 9.38. The number of fused-ring (bicyclic) bond motifs is 1. The summed E-state index contributed by atoms with van der Waals surface area (Å²) < 4.78 is 15.4. The molecular formula is C15H15NO4. The Hall–Kier alpha value is -2.43. The van der Waals surface area contributed by atoms with Gasteiger partial charge < -0.3 is 19.2 Å². The SMILES string of the molecule is COC(=O)c1ccc(CNc2ccc3c(c2)CCO3)o1. The molecule has 0 saturated heterocycles. The van der Waals surface area contributed by atoms with Crippen molar-refractivity contribution in [2.45, 2.75) is 13.0 Å². The number of carbonyl (C=O) groups is 1. The van der Waals surface area contributed by atoms with Gasteiger partial charge in [-0.05, 0) is 35.9 Å². The van der Waals surface area contributed by atoms with Crippen molar-refractivity contribution in [3.8, 4) is 5.75 Å². The highest BCUT2D eigenvalue weighted by Gasteiger charge is 2.13. The van der Waals surface area contributed by atoms with Gasteiger partial charge in [0.15, 0.2) is 0 Å². The molecule has 3 rings (SSSR count). The number of methoxy groups -OCH3 is 1. The summed E-state index contributed by atoms with van der Waals surface area (Å²) in [4.78, 5) is 11.3. The summed E-state index contributed by atoms with van der Waals surface area (Å²) in [6.45, 7) is 1.26. The Morgan fingerprint density at radius 2 is 2.25 bits per heavy atom. The number of ether oxygens (including phenoxy) is 2. The Bertz CT molecular complexity index is 633. The number of hydrogen-bond donors (Lipinski definition) is 1. The Kier molecular flexibility index (Phi) is 3.33. The topological polar surface area (TPSA) is 60.7 Å². The van der Waals surface area contributed by atoms with Gasteiger partial charge in [-0.1, -0.05) is 0 Å². The van der Waals surface area contributed by atoms with Gasteiger partial charge >= 0.3 is 5.97 Å². The Balaban J connectivity index is 1.64. The third-order valence-electron chi connectivity index (χ3n) is 3.20. The normalized spacial score (nSPS) is 12.7. The van der Waals surface area contributed by atoms with E-state index in [0.717, 1.165) is 24.5 Å². The van der Waals surface area contributed by atoms with Gasteiger partial charge in [0.2, 0.25) is 5.76 Å². The van der Waals surface area contributed by atoms with Crippen LogP contribution in [0.2, 0.25) is 0 Å². The first-order chi connectivity index (χ1) is 9.76. The van der Waals surface area contributed by atoms with E-state index in [1.54, 1.807) is 12.1 Å². The average molecular weight is 273 g/mol. The number of furan rings is 1. The molecule has 1 aromatic carbocycles. The van der Waals surface area contributed by atoms with E-state index in [1.807, 2.05) is 12.1 Å². The second-order valence-corrected chi connectivity index (χ2v) is 4.53. The van der Waals surface area contributed by atoms with Crippen LogP contribution in [0.15, 0.2) is 34.7 Å². The summed E-state index contributed by atoms with van der Waals surface area (Å²) in [5.41, 5.74) is 2.22. The molecule has 1 aliphatic heterocycles. The van der Waals surface area contributed by atoms with Crippen molar-refractivity contribution in [1.82, 2.24) is 0 Å². The van der Waals surface area contributed by atoms with Crippen LogP contribution in [-0.4, -0.2) is 19.7 Å². The highest BCUT2D eigenvalue weighted by atomic mass is 16.5. The average Bonchev–Trinajstić information content (AvgIpc) is 3.12. The molecule has 0 saturated carbocycles. The molecular weight excluding hydrogens is 258 g/mol. The second-order valence-electron chi connectivity index (χ2n) is 4.53. The largest absolute Gasteiger partial charge is 0.493 e. The van der Waals surface area contributed by atoms with Crippen LogP contribution in [0.3, 0.4) is 0 Å². The maximum absolute atomic E-state index is 11.3. The van der Waals surface area contributed by atoms with Gasteiger partial charge in [0, 0.05) is 12.1 Å². The first kappa shape index (κ1) is 12.6. The van der Waals surface area contributed by atoms with Gasteiger partial charge in [-0.25, -0.2) is 4.79 Å². The zero-order valence-corrected chi connectivity index (χ0v) is 11.1. The van der Waals surface area contributed by atoms with Crippen molar-refractivity contribution < 1.29 is 18.7 Å². The molecule has 1 aromatic heterocycles. The van der Waals surface area contributed by atoms with E-state index in [9.17, 15) is 4.79 Å². The van der Waals surface area contributed by atoms with Crippen LogP contribution in [0.1, 0.15) is 21.9 Å². The molecule has 0 spiro atoms. The summed E-state index contributed by atoms with van der Waals surface area (Å²) >= 11 is 0. The molecule has 104 valence electrons. The van der Waals surface area contributed by atoms with Crippen molar-refractivity contribution in [1.29, 1.82) is 0 Å². The summed E-state index contributed by atoms with van der Waals surface area (Å²) in [5.74, 6) is 1.39. The van der Waals surface area contributed by atoms with E-state index in [0.29, 0.717) is 12.3 Å². The fourth-order valence-electron chi connectivity index (χ4n) is 2.17. The summed E-state index contributed by atoms with van der Waals surface area (Å²) in [7, 11) is 1.33. The van der Waals surface area contributed by atoms with E-state index >= 15 is 0 Å². The smallest absolute Gasteiger partial charge is 0.373 e. The van der Waals surface area contributed by atoms with Crippen molar-refractivity contribution >= 4 is 11.7 Å². The van der Waals surface area contributed by atoms with Crippen LogP contribution in [-0.2, 0) is 17.7 Å². The van der Waals surface area contributed by atoms with Crippen LogP contribution in [0.4, 0.5) is 5.69 Å². The Labute approximate surface area is 116 Å². The lowest BCUT2D eigenvalue weighted by molar-refractivity contribution is 0.0563. The minimum atomic E-state index is -0.467. The molecule has 5 nitrogen and oxygen atoms in total. The van der Waals surface area contributed by atoms with E-state index in [1.165, 1.54) is 12.7 Å². The van der Waals surface area contributed by atoms with Crippen molar-refractivity contribution in [3.05, 3.63) is 47.4 Å². The molecule has 2 heterocycles. The second kappa shape index (κ2) is 5.28.